The van der Waals surface area contributed by atoms with Crippen LogP contribution in [0.3, 0.4) is 0 Å². The van der Waals surface area contributed by atoms with Gasteiger partial charge >= 0.3 is 0 Å². The van der Waals surface area contributed by atoms with Gasteiger partial charge in [-0.2, -0.15) is 0 Å². The van der Waals surface area contributed by atoms with E-state index in [4.69, 9.17) is 4.74 Å². The lowest BCUT2D eigenvalue weighted by molar-refractivity contribution is -0.536. The molecule has 0 amide bonds. The number of hydrogen-bond acceptors (Lipinski definition) is 2. The number of fused-ring (bicyclic) bond motifs is 1. The van der Waals surface area contributed by atoms with Crippen molar-refractivity contribution in [3.63, 3.8) is 0 Å². The van der Waals surface area contributed by atoms with Crippen molar-refractivity contribution in [3.8, 4) is 0 Å². The zero-order chi connectivity index (χ0) is 11.0. The molecule has 0 aromatic carbocycles. The van der Waals surface area contributed by atoms with Crippen LogP contribution < -0.4 is 0 Å². The Morgan fingerprint density at radius 3 is 2.88 bits per heavy atom. The predicted molar refractivity (Wildman–Crippen MR) is 64.2 cm³/mol. The number of hydrogen-bond donors (Lipinski definition) is 0. The number of nitrogens with zero attached hydrogens (tertiary/aromatic N) is 2. The van der Waals surface area contributed by atoms with E-state index >= 15 is 0 Å². The second-order valence-electron chi connectivity index (χ2n) is 5.62. The summed E-state index contributed by atoms with van der Waals surface area (Å²) in [5, 5.41) is 0. The van der Waals surface area contributed by atoms with Crippen LogP contribution in [-0.4, -0.2) is 61.1 Å². The largest absolute Gasteiger partial charge is 0.381 e. The molecule has 0 spiro atoms. The molecular weight excluding hydrogens is 200 g/mol. The third-order valence-electron chi connectivity index (χ3n) is 4.55. The standard InChI is InChI=1S/C13H23N2O/c1-14-12-2-3-13(14)10-15(9-12)8-11-4-6-16-7-5-11/h11-12H,2-10H2,1H3/q+1. The average Bonchev–Trinajstić information content (AvgIpc) is 2.54. The van der Waals surface area contributed by atoms with Crippen molar-refractivity contribution in [1.82, 2.24) is 4.90 Å². The van der Waals surface area contributed by atoms with E-state index in [1.54, 1.807) is 5.71 Å². The Bertz CT molecular complexity index is 294. The highest BCUT2D eigenvalue weighted by Crippen LogP contribution is 2.22. The Morgan fingerprint density at radius 2 is 2.12 bits per heavy atom. The first-order valence-electron chi connectivity index (χ1n) is 6.70. The van der Waals surface area contributed by atoms with Gasteiger partial charge in [0.2, 0.25) is 0 Å². The summed E-state index contributed by atoms with van der Waals surface area (Å²) in [7, 11) is 2.28. The molecule has 3 heterocycles. The average molecular weight is 223 g/mol. The zero-order valence-electron chi connectivity index (χ0n) is 10.3. The van der Waals surface area contributed by atoms with Crippen LogP contribution in [0.5, 0.6) is 0 Å². The summed E-state index contributed by atoms with van der Waals surface area (Å²) in [5.41, 5.74) is 1.67. The first kappa shape index (κ1) is 10.7. The van der Waals surface area contributed by atoms with Gasteiger partial charge in [0, 0.05) is 32.6 Å². The van der Waals surface area contributed by atoms with Gasteiger partial charge in [0.15, 0.2) is 11.8 Å². The minimum Gasteiger partial charge on any atom is -0.381 e. The van der Waals surface area contributed by atoms with E-state index in [1.807, 2.05) is 0 Å². The minimum atomic E-state index is 0.809. The van der Waals surface area contributed by atoms with Gasteiger partial charge in [-0.15, -0.1) is 0 Å². The molecule has 3 rings (SSSR count). The molecule has 3 heteroatoms. The van der Waals surface area contributed by atoms with Gasteiger partial charge in [-0.1, -0.05) is 0 Å². The molecule has 3 nitrogen and oxygen atoms in total. The molecule has 2 bridgehead atoms. The molecule has 0 aromatic rings. The molecule has 1 atom stereocenters. The molecule has 0 aromatic heterocycles. The normalized spacial score (nSPS) is 32.4. The monoisotopic (exact) mass is 223 g/mol. The molecule has 90 valence electrons. The predicted octanol–water partition coefficient (Wildman–Crippen LogP) is 0.974. The first-order valence-corrected chi connectivity index (χ1v) is 6.70. The number of likely N-dealkylation sites (tertiary alicyclic amines) is 1. The van der Waals surface area contributed by atoms with E-state index in [2.05, 4.69) is 16.5 Å². The van der Waals surface area contributed by atoms with Crippen LogP contribution in [0.15, 0.2) is 0 Å². The molecule has 0 N–H and O–H groups in total. The van der Waals surface area contributed by atoms with E-state index in [0.717, 1.165) is 25.2 Å². The highest BCUT2D eigenvalue weighted by molar-refractivity contribution is 5.83. The van der Waals surface area contributed by atoms with Crippen LogP contribution in [0.25, 0.3) is 0 Å². The Morgan fingerprint density at radius 1 is 1.31 bits per heavy atom. The van der Waals surface area contributed by atoms with Crippen molar-refractivity contribution in [3.05, 3.63) is 0 Å². The summed E-state index contributed by atoms with van der Waals surface area (Å²) in [6.07, 6.45) is 5.26. The van der Waals surface area contributed by atoms with Crippen LogP contribution in [0.4, 0.5) is 0 Å². The molecule has 1 unspecified atom stereocenters. The topological polar surface area (TPSA) is 15.5 Å². The molecule has 1 fully saturated rings. The van der Waals surface area contributed by atoms with E-state index in [-0.39, 0.29) is 0 Å². The molecule has 0 aliphatic carbocycles. The summed E-state index contributed by atoms with van der Waals surface area (Å²) in [5.74, 6) is 0.886. The lowest BCUT2D eigenvalue weighted by atomic mass is 9.99. The van der Waals surface area contributed by atoms with Crippen molar-refractivity contribution < 1.29 is 9.31 Å². The van der Waals surface area contributed by atoms with Crippen LogP contribution in [0, 0.1) is 5.92 Å². The lowest BCUT2D eigenvalue weighted by Crippen LogP contribution is -2.46. The van der Waals surface area contributed by atoms with Gasteiger partial charge < -0.3 is 4.74 Å². The summed E-state index contributed by atoms with van der Waals surface area (Å²) < 4.78 is 7.96. The van der Waals surface area contributed by atoms with Crippen LogP contribution in [0.1, 0.15) is 25.7 Å². The maximum Gasteiger partial charge on any atom is 0.166 e. The SMILES string of the molecule is C[N+]1=C2CCC1CN(CC1CCOCC1)C2. The van der Waals surface area contributed by atoms with Gasteiger partial charge in [-0.05, 0) is 18.8 Å². The summed E-state index contributed by atoms with van der Waals surface area (Å²) in [6.45, 7) is 5.79. The molecular formula is C13H23N2O+. The Hall–Kier alpha value is -0.410. The third kappa shape index (κ3) is 2.03. The lowest BCUT2D eigenvalue weighted by Gasteiger charge is -2.31. The molecule has 1 saturated heterocycles. The summed E-state index contributed by atoms with van der Waals surface area (Å²) in [6, 6.07) is 0.809. The number of likely N-dealkylation sites (N-methyl/N-ethyl adjacent to an activating group) is 1. The Labute approximate surface area is 98.1 Å². The van der Waals surface area contributed by atoms with Crippen molar-refractivity contribution in [2.45, 2.75) is 31.7 Å². The molecule has 0 radical (unpaired) electrons. The second-order valence-corrected chi connectivity index (χ2v) is 5.62. The highest BCUT2D eigenvalue weighted by Gasteiger charge is 2.37. The van der Waals surface area contributed by atoms with Gasteiger partial charge in [0.05, 0.1) is 13.1 Å². The molecule has 16 heavy (non-hydrogen) atoms. The summed E-state index contributed by atoms with van der Waals surface area (Å²) >= 11 is 0. The quantitative estimate of drug-likeness (QED) is 0.648. The first-order chi connectivity index (χ1) is 7.83. The minimum absolute atomic E-state index is 0.809. The van der Waals surface area contributed by atoms with Crippen LogP contribution >= 0.6 is 0 Å². The Kier molecular flexibility index (Phi) is 2.99. The molecule has 3 aliphatic rings. The van der Waals surface area contributed by atoms with Gasteiger partial charge in [0.1, 0.15) is 7.05 Å². The third-order valence-corrected chi connectivity index (χ3v) is 4.55. The summed E-state index contributed by atoms with van der Waals surface area (Å²) in [4.78, 5) is 2.68. The molecule has 3 aliphatic heterocycles. The molecule has 0 saturated carbocycles. The van der Waals surface area contributed by atoms with Gasteiger partial charge in [0.25, 0.3) is 0 Å². The number of rotatable bonds is 2. The van der Waals surface area contributed by atoms with Crippen molar-refractivity contribution in [2.24, 2.45) is 5.92 Å². The smallest absolute Gasteiger partial charge is 0.166 e. The maximum atomic E-state index is 5.43. The number of ether oxygens (including phenoxy) is 1. The van der Waals surface area contributed by atoms with Gasteiger partial charge in [-0.25, -0.2) is 4.58 Å². The second kappa shape index (κ2) is 4.46. The Balaban J connectivity index is 1.57. The highest BCUT2D eigenvalue weighted by atomic mass is 16.5. The van der Waals surface area contributed by atoms with Crippen molar-refractivity contribution in [1.29, 1.82) is 0 Å². The van der Waals surface area contributed by atoms with Crippen molar-refractivity contribution in [2.75, 3.05) is 39.9 Å². The fourth-order valence-corrected chi connectivity index (χ4v) is 3.42. The van der Waals surface area contributed by atoms with Crippen LogP contribution in [-0.2, 0) is 4.74 Å². The zero-order valence-corrected chi connectivity index (χ0v) is 10.3. The fraction of sp³-hybridized carbons (Fsp3) is 0.923. The fourth-order valence-electron chi connectivity index (χ4n) is 3.42. The van der Waals surface area contributed by atoms with E-state index < -0.39 is 0 Å². The van der Waals surface area contributed by atoms with Crippen LogP contribution in [0.2, 0.25) is 0 Å². The van der Waals surface area contributed by atoms with Crippen molar-refractivity contribution >= 4 is 5.71 Å². The van der Waals surface area contributed by atoms with E-state index in [0.29, 0.717) is 0 Å². The van der Waals surface area contributed by atoms with E-state index in [1.165, 1.54) is 45.3 Å². The van der Waals surface area contributed by atoms with Gasteiger partial charge in [-0.3, -0.25) is 4.90 Å². The van der Waals surface area contributed by atoms with E-state index in [9.17, 15) is 0 Å². The maximum absolute atomic E-state index is 5.43.